The molecule has 24 heavy (non-hydrogen) atoms. The van der Waals surface area contributed by atoms with Gasteiger partial charge in [0.1, 0.15) is 5.82 Å². The summed E-state index contributed by atoms with van der Waals surface area (Å²) in [7, 11) is 0. The monoisotopic (exact) mass is 347 g/mol. The average Bonchev–Trinajstić information content (AvgIpc) is 2.52. The number of aryl methyl sites for hydroxylation is 1. The van der Waals surface area contributed by atoms with E-state index in [2.05, 4.69) is 4.90 Å². The largest absolute Gasteiger partial charge is 0.367 e. The minimum Gasteiger partial charge on any atom is -0.367 e. The standard InChI is InChI=1S/C18H19FN2O2S/c1-3-24-17-10-16(8-12(2)18(17)21(22)23)20-7-6-13-9-15(19)5-4-14(13)11-20/h4-5,8-10H,3,6-7,11H2,1-2H3/i3D. The molecule has 0 fully saturated rings. The van der Waals surface area contributed by atoms with Gasteiger partial charge in [-0.05, 0) is 54.5 Å². The summed E-state index contributed by atoms with van der Waals surface area (Å²) in [5, 5.41) is 11.4. The number of nitrogens with zero attached hydrogens (tertiary/aromatic N) is 2. The van der Waals surface area contributed by atoms with Crippen LogP contribution in [0.3, 0.4) is 0 Å². The van der Waals surface area contributed by atoms with E-state index in [1.165, 1.54) is 17.8 Å². The topological polar surface area (TPSA) is 46.4 Å². The second kappa shape index (κ2) is 6.81. The van der Waals surface area contributed by atoms with Gasteiger partial charge in [-0.15, -0.1) is 11.8 Å². The second-order valence-electron chi connectivity index (χ2n) is 5.80. The Labute approximate surface area is 146 Å². The SMILES string of the molecule is [2H]C(C)Sc1cc(N2CCc3cc(F)ccc3C2)cc(C)c1[N+](=O)[O-]. The van der Waals surface area contributed by atoms with Gasteiger partial charge in [-0.1, -0.05) is 13.0 Å². The molecule has 1 aliphatic heterocycles. The van der Waals surface area contributed by atoms with E-state index in [9.17, 15) is 14.5 Å². The van der Waals surface area contributed by atoms with Crippen molar-refractivity contribution in [1.29, 1.82) is 0 Å². The van der Waals surface area contributed by atoms with Crippen LogP contribution >= 0.6 is 11.8 Å². The molecule has 1 heterocycles. The van der Waals surface area contributed by atoms with Crippen LogP contribution in [-0.4, -0.2) is 17.2 Å². The van der Waals surface area contributed by atoms with Crippen LogP contribution < -0.4 is 4.90 Å². The summed E-state index contributed by atoms with van der Waals surface area (Å²) in [6.07, 6.45) is 0.737. The van der Waals surface area contributed by atoms with Crippen molar-refractivity contribution in [2.75, 3.05) is 17.2 Å². The van der Waals surface area contributed by atoms with E-state index in [0.29, 0.717) is 17.0 Å². The van der Waals surface area contributed by atoms with Crippen molar-refractivity contribution >= 4 is 23.1 Å². The van der Waals surface area contributed by atoms with Crippen LogP contribution in [0.1, 0.15) is 25.0 Å². The number of thioether (sulfide) groups is 1. The molecule has 3 rings (SSSR count). The summed E-state index contributed by atoms with van der Waals surface area (Å²) in [4.78, 5) is 13.7. The number of benzene rings is 2. The highest BCUT2D eigenvalue weighted by Gasteiger charge is 2.23. The highest BCUT2D eigenvalue weighted by Crippen LogP contribution is 2.37. The number of rotatable bonds is 4. The highest BCUT2D eigenvalue weighted by molar-refractivity contribution is 7.99. The minimum atomic E-state index is -0.488. The molecule has 0 spiro atoms. The Kier molecular flexibility index (Phi) is 4.38. The van der Waals surface area contributed by atoms with Crippen LogP contribution in [0.4, 0.5) is 15.8 Å². The first kappa shape index (κ1) is 15.4. The van der Waals surface area contributed by atoms with Crippen LogP contribution in [0.25, 0.3) is 0 Å². The van der Waals surface area contributed by atoms with Crippen molar-refractivity contribution < 1.29 is 10.7 Å². The maximum atomic E-state index is 13.4. The molecule has 1 aliphatic rings. The summed E-state index contributed by atoms with van der Waals surface area (Å²) in [5.74, 6) is -0.221. The second-order valence-corrected chi connectivity index (χ2v) is 6.95. The first-order chi connectivity index (χ1) is 11.8. The number of halogens is 1. The van der Waals surface area contributed by atoms with E-state index < -0.39 is 5.73 Å². The van der Waals surface area contributed by atoms with E-state index in [4.69, 9.17) is 1.37 Å². The quantitative estimate of drug-likeness (QED) is 0.456. The number of hydrogen-bond acceptors (Lipinski definition) is 4. The summed E-state index contributed by atoms with van der Waals surface area (Å²) in [6, 6.07) is 8.47. The van der Waals surface area contributed by atoms with Crippen LogP contribution in [0.5, 0.6) is 0 Å². The van der Waals surface area contributed by atoms with Gasteiger partial charge >= 0.3 is 0 Å². The summed E-state index contributed by atoms with van der Waals surface area (Å²) < 4.78 is 21.1. The van der Waals surface area contributed by atoms with Gasteiger partial charge in [0.05, 0.1) is 9.82 Å². The number of fused-ring (bicyclic) bond motifs is 1. The predicted octanol–water partition coefficient (Wildman–Crippen LogP) is 4.72. The molecule has 0 radical (unpaired) electrons. The molecular weight excluding hydrogens is 327 g/mol. The molecule has 0 saturated heterocycles. The normalized spacial score (nSPS) is 15.6. The molecule has 0 aliphatic carbocycles. The van der Waals surface area contributed by atoms with Crippen molar-refractivity contribution in [3.8, 4) is 0 Å². The molecule has 0 bridgehead atoms. The molecular formula is C18H19FN2O2S. The zero-order chi connectivity index (χ0) is 18.1. The van der Waals surface area contributed by atoms with E-state index in [1.54, 1.807) is 32.0 Å². The smallest absolute Gasteiger partial charge is 0.285 e. The molecule has 2 aromatic rings. The Morgan fingerprint density at radius 2 is 2.17 bits per heavy atom. The van der Waals surface area contributed by atoms with Crippen molar-refractivity contribution in [1.82, 2.24) is 0 Å². The first-order valence-corrected chi connectivity index (χ1v) is 8.63. The molecule has 4 nitrogen and oxygen atoms in total. The lowest BCUT2D eigenvalue weighted by atomic mass is 9.99. The number of anilines is 1. The molecule has 2 aromatic carbocycles. The Morgan fingerprint density at radius 3 is 2.88 bits per heavy atom. The van der Waals surface area contributed by atoms with Crippen LogP contribution in [0.2, 0.25) is 0 Å². The summed E-state index contributed by atoms with van der Waals surface area (Å²) in [6.45, 7) is 4.80. The van der Waals surface area contributed by atoms with Crippen molar-refractivity contribution in [2.24, 2.45) is 0 Å². The summed E-state index contributed by atoms with van der Waals surface area (Å²) in [5.41, 5.74) is 3.18. The molecule has 0 N–H and O–H groups in total. The minimum absolute atomic E-state index is 0.0762. The van der Waals surface area contributed by atoms with Gasteiger partial charge < -0.3 is 4.90 Å². The maximum absolute atomic E-state index is 13.4. The third-order valence-electron chi connectivity index (χ3n) is 4.22. The van der Waals surface area contributed by atoms with Crippen LogP contribution in [0.15, 0.2) is 35.2 Å². The van der Waals surface area contributed by atoms with Gasteiger partial charge in [0.15, 0.2) is 0 Å². The number of nitro benzene ring substituents is 1. The Bertz CT molecular complexity index is 829. The van der Waals surface area contributed by atoms with Crippen molar-refractivity contribution in [3.63, 3.8) is 0 Å². The van der Waals surface area contributed by atoms with Gasteiger partial charge in [0.25, 0.3) is 5.69 Å². The fraction of sp³-hybridized carbons (Fsp3) is 0.333. The average molecular weight is 347 g/mol. The Balaban J connectivity index is 1.96. The maximum Gasteiger partial charge on any atom is 0.285 e. The number of hydrogen-bond donors (Lipinski definition) is 0. The van der Waals surface area contributed by atoms with Crippen LogP contribution in [-0.2, 0) is 13.0 Å². The van der Waals surface area contributed by atoms with Gasteiger partial charge in [-0.25, -0.2) is 4.39 Å². The lowest BCUT2D eigenvalue weighted by Crippen LogP contribution is -2.30. The lowest BCUT2D eigenvalue weighted by Gasteiger charge is -2.31. The molecule has 1 atom stereocenters. The zero-order valence-electron chi connectivity index (χ0n) is 14.6. The van der Waals surface area contributed by atoms with E-state index >= 15 is 0 Å². The third-order valence-corrected chi connectivity index (χ3v) is 5.02. The Hall–Kier alpha value is -2.08. The van der Waals surface area contributed by atoms with Crippen LogP contribution in [0, 0.1) is 22.9 Å². The van der Waals surface area contributed by atoms with E-state index in [0.717, 1.165) is 29.8 Å². The molecule has 0 amide bonds. The molecule has 1 unspecified atom stereocenters. The molecule has 0 saturated carbocycles. The molecule has 0 aromatic heterocycles. The van der Waals surface area contributed by atoms with E-state index in [-0.39, 0.29) is 16.4 Å². The fourth-order valence-electron chi connectivity index (χ4n) is 3.10. The zero-order valence-corrected chi connectivity index (χ0v) is 14.4. The van der Waals surface area contributed by atoms with Gasteiger partial charge in [-0.3, -0.25) is 10.1 Å². The predicted molar refractivity (Wildman–Crippen MR) is 95.4 cm³/mol. The first-order valence-electron chi connectivity index (χ1n) is 8.33. The lowest BCUT2D eigenvalue weighted by molar-refractivity contribution is -0.388. The van der Waals surface area contributed by atoms with Crippen molar-refractivity contribution in [2.45, 2.75) is 31.7 Å². The molecule has 6 heteroatoms. The third kappa shape index (κ3) is 3.24. The molecule has 126 valence electrons. The Morgan fingerprint density at radius 1 is 1.38 bits per heavy atom. The van der Waals surface area contributed by atoms with Gasteiger partial charge in [0, 0.05) is 25.7 Å². The highest BCUT2D eigenvalue weighted by atomic mass is 32.2. The fourth-order valence-corrected chi connectivity index (χ4v) is 3.89. The number of nitro groups is 1. The summed E-state index contributed by atoms with van der Waals surface area (Å²) >= 11 is 1.18. The van der Waals surface area contributed by atoms with Gasteiger partial charge in [-0.2, -0.15) is 0 Å². The van der Waals surface area contributed by atoms with E-state index in [1.807, 2.05) is 6.07 Å². The van der Waals surface area contributed by atoms with Gasteiger partial charge in [0.2, 0.25) is 0 Å². The van der Waals surface area contributed by atoms with Crippen molar-refractivity contribution in [3.05, 3.63) is 63.0 Å².